The van der Waals surface area contributed by atoms with E-state index in [0.717, 1.165) is 30.4 Å². The lowest BCUT2D eigenvalue weighted by Crippen LogP contribution is -2.68. The topological polar surface area (TPSA) is 424 Å². The van der Waals surface area contributed by atoms with Crippen LogP contribution in [-0.4, -0.2) is 191 Å². The van der Waals surface area contributed by atoms with Crippen LogP contribution in [0.2, 0.25) is 0 Å². The van der Waals surface area contributed by atoms with Gasteiger partial charge in [-0.2, -0.15) is 0 Å². The highest BCUT2D eigenvalue weighted by Gasteiger charge is 2.58. The van der Waals surface area contributed by atoms with Crippen molar-refractivity contribution < 1.29 is 128 Å². The highest BCUT2D eigenvalue weighted by Crippen LogP contribution is 2.38. The number of benzene rings is 3. The van der Waals surface area contributed by atoms with Gasteiger partial charge in [-0.3, -0.25) is 4.79 Å². The Morgan fingerprint density at radius 2 is 1.14 bits per heavy atom. The first-order valence-electron chi connectivity index (χ1n) is 20.8. The van der Waals surface area contributed by atoms with Crippen molar-refractivity contribution in [2.45, 2.75) is 92.1 Å². The number of aromatic hydroxyl groups is 3. The predicted molar refractivity (Wildman–Crippen MR) is 227 cm³/mol. The van der Waals surface area contributed by atoms with Gasteiger partial charge >= 0.3 is 23.9 Å². The molecule has 4 aromatic rings. The lowest BCUT2D eigenvalue weighted by atomic mass is 9.95. The van der Waals surface area contributed by atoms with E-state index in [4.69, 9.17) is 47.0 Å². The number of fused-ring (bicyclic) bond motifs is 1. The van der Waals surface area contributed by atoms with Gasteiger partial charge in [0.1, 0.15) is 71.0 Å². The predicted octanol–water partition coefficient (Wildman–Crippen LogP) is -2.04. The number of phenolic OH excluding ortho intramolecular Hbond substituents is 3. The maximum Gasteiger partial charge on any atom is 0.335 e. The van der Waals surface area contributed by atoms with Crippen LogP contribution in [0.3, 0.4) is 0 Å². The molecule has 27 heteroatoms. The van der Waals surface area contributed by atoms with Gasteiger partial charge in [-0.1, -0.05) is 6.07 Å². The molecule has 4 heterocycles. The van der Waals surface area contributed by atoms with E-state index in [0.29, 0.717) is 0 Å². The number of hydrogen-bond donors (Lipinski definition) is 12. The fourth-order valence-electron chi connectivity index (χ4n) is 7.73. The van der Waals surface area contributed by atoms with Crippen LogP contribution in [0, 0.1) is 0 Å². The van der Waals surface area contributed by atoms with Crippen LogP contribution in [0.4, 0.5) is 0 Å². The number of hydrogen-bond acceptors (Lipinski definition) is 24. The van der Waals surface area contributed by atoms with Crippen molar-refractivity contribution in [3.05, 3.63) is 76.5 Å². The molecule has 15 unspecified atom stereocenters. The normalized spacial score (nSPS) is 30.9. The summed E-state index contributed by atoms with van der Waals surface area (Å²) in [6, 6.07) is 10.6. The third-order valence-corrected chi connectivity index (χ3v) is 11.3. The number of carbonyl (C=O) groups is 4. The van der Waals surface area contributed by atoms with Gasteiger partial charge in [-0.25, -0.2) is 19.2 Å². The second kappa shape index (κ2) is 21.1. The van der Waals surface area contributed by atoms with Crippen LogP contribution in [-0.2, 0) is 47.6 Å². The molecular formula is C44H44O27. The van der Waals surface area contributed by atoms with Crippen LogP contribution in [0.25, 0.3) is 28.4 Å². The highest BCUT2D eigenvalue weighted by molar-refractivity contribution is 5.88. The molecule has 1 aromatic heterocycles. The van der Waals surface area contributed by atoms with Crippen molar-refractivity contribution in [1.29, 1.82) is 0 Å². The molecule has 382 valence electrons. The highest BCUT2D eigenvalue weighted by atomic mass is 16.8. The molecule has 3 aliphatic rings. The summed E-state index contributed by atoms with van der Waals surface area (Å²) in [6.07, 6.45) is -33.7. The Bertz CT molecular complexity index is 2740. The molecule has 0 bridgehead atoms. The van der Waals surface area contributed by atoms with Crippen molar-refractivity contribution in [2.24, 2.45) is 0 Å². The Kier molecular flexibility index (Phi) is 15.3. The van der Waals surface area contributed by atoms with Crippen LogP contribution in [0.15, 0.2) is 69.9 Å². The summed E-state index contributed by atoms with van der Waals surface area (Å²) in [4.78, 5) is 63.7. The first kappa shape index (κ1) is 51.7. The molecule has 12 N–H and O–H groups in total. The minimum atomic E-state index is -2.50. The van der Waals surface area contributed by atoms with Crippen molar-refractivity contribution in [3.63, 3.8) is 0 Å². The number of aliphatic hydroxyl groups is 6. The smallest absolute Gasteiger partial charge is 0.335 e. The van der Waals surface area contributed by atoms with Gasteiger partial charge in [0, 0.05) is 29.8 Å². The average molecular weight is 1000 g/mol. The van der Waals surface area contributed by atoms with Gasteiger partial charge in [-0.15, -0.1) is 0 Å². The Labute approximate surface area is 396 Å². The van der Waals surface area contributed by atoms with E-state index >= 15 is 0 Å². The third-order valence-electron chi connectivity index (χ3n) is 11.3. The number of carbonyl (C=O) groups excluding carboxylic acids is 1. The van der Waals surface area contributed by atoms with Crippen LogP contribution < -0.4 is 19.6 Å². The molecule has 0 radical (unpaired) electrons. The average Bonchev–Trinajstić information content (AvgIpc) is 3.32. The number of rotatable bonds is 15. The van der Waals surface area contributed by atoms with Gasteiger partial charge in [0.2, 0.25) is 6.29 Å². The monoisotopic (exact) mass is 1000 g/mol. The summed E-state index contributed by atoms with van der Waals surface area (Å²) >= 11 is 0. The molecule has 3 aromatic carbocycles. The van der Waals surface area contributed by atoms with Crippen LogP contribution in [0.1, 0.15) is 5.56 Å². The van der Waals surface area contributed by atoms with Crippen molar-refractivity contribution >= 4 is 40.9 Å². The third kappa shape index (κ3) is 10.6. The molecule has 71 heavy (non-hydrogen) atoms. The Morgan fingerprint density at radius 1 is 0.577 bits per heavy atom. The van der Waals surface area contributed by atoms with Crippen LogP contribution in [0.5, 0.6) is 34.5 Å². The quantitative estimate of drug-likeness (QED) is 0.0451. The molecule has 3 saturated heterocycles. The molecule has 0 aliphatic carbocycles. The Morgan fingerprint density at radius 3 is 1.77 bits per heavy atom. The van der Waals surface area contributed by atoms with Crippen LogP contribution >= 0.6 is 0 Å². The largest absolute Gasteiger partial charge is 0.507 e. The minimum absolute atomic E-state index is 0.00243. The second-order valence-electron chi connectivity index (χ2n) is 15.9. The van der Waals surface area contributed by atoms with E-state index in [1.54, 1.807) is 0 Å². The summed E-state index contributed by atoms with van der Waals surface area (Å²) in [5.74, 6) is -9.07. The van der Waals surface area contributed by atoms with Crippen molar-refractivity contribution in [1.82, 2.24) is 0 Å². The maximum atomic E-state index is 13.6. The number of ether oxygens (including phenoxy) is 9. The molecule has 15 atom stereocenters. The lowest BCUT2D eigenvalue weighted by molar-refractivity contribution is -0.373. The molecule has 27 nitrogen and oxygen atoms in total. The number of esters is 1. The fraction of sp³-hybridized carbons (Fsp3) is 0.386. The SMILES string of the molecule is COc1cc(C=CC(=O)OC2C(OC3C(Oc4cc(O)c5c(=O)cc(-c6ccc(O)c(OC)c6)oc5c4)OC(C(=O)O)C(O)C3O)OC(C(=O)O)C(O)C2OC2OC(C(=O)O)C(O)C(O)C2O)ccc1O. The Hall–Kier alpha value is -7.15. The van der Waals surface area contributed by atoms with Crippen molar-refractivity contribution in [3.8, 4) is 45.8 Å². The van der Waals surface area contributed by atoms with E-state index in [-0.39, 0.29) is 45.5 Å². The number of carboxylic acids is 3. The zero-order chi connectivity index (χ0) is 51.7. The maximum absolute atomic E-state index is 13.6. The molecule has 3 aliphatic heterocycles. The summed E-state index contributed by atoms with van der Waals surface area (Å²) in [5, 5.41) is 126. The van der Waals surface area contributed by atoms with E-state index in [9.17, 15) is 85.3 Å². The number of aliphatic carboxylic acids is 3. The van der Waals surface area contributed by atoms with Gasteiger partial charge < -0.3 is 108 Å². The first-order chi connectivity index (χ1) is 33.6. The fourth-order valence-corrected chi connectivity index (χ4v) is 7.73. The molecule has 0 spiro atoms. The number of methoxy groups -OCH3 is 2. The summed E-state index contributed by atoms with van der Waals surface area (Å²) in [6.45, 7) is 0. The summed E-state index contributed by atoms with van der Waals surface area (Å²) in [7, 11) is 2.51. The second-order valence-corrected chi connectivity index (χ2v) is 15.9. The van der Waals surface area contributed by atoms with Gasteiger partial charge in [-0.05, 0) is 42.0 Å². The lowest BCUT2D eigenvalue weighted by Gasteiger charge is -2.47. The van der Waals surface area contributed by atoms with E-state index in [1.165, 1.54) is 50.6 Å². The molecular weight excluding hydrogens is 960 g/mol. The first-order valence-corrected chi connectivity index (χ1v) is 20.8. The molecule has 3 fully saturated rings. The van der Waals surface area contributed by atoms with Gasteiger partial charge in [0.15, 0.2) is 71.5 Å². The van der Waals surface area contributed by atoms with Gasteiger partial charge in [0.25, 0.3) is 0 Å². The Balaban J connectivity index is 1.28. The molecule has 0 saturated carbocycles. The minimum Gasteiger partial charge on any atom is -0.507 e. The number of phenols is 3. The van der Waals surface area contributed by atoms with E-state index in [1.807, 2.05) is 0 Å². The summed E-state index contributed by atoms with van der Waals surface area (Å²) in [5.41, 5.74) is -0.727. The van der Waals surface area contributed by atoms with Gasteiger partial charge in [0.05, 0.1) is 14.2 Å². The number of carboxylic acid groups (broad SMARTS) is 3. The van der Waals surface area contributed by atoms with E-state index in [2.05, 4.69) is 0 Å². The number of aliphatic hydroxyl groups excluding tert-OH is 6. The zero-order valence-electron chi connectivity index (χ0n) is 36.5. The zero-order valence-corrected chi connectivity index (χ0v) is 36.5. The summed E-state index contributed by atoms with van der Waals surface area (Å²) < 4.78 is 55.3. The standard InChI is InChI=1S/C44H44O27/c1-62-22-9-14(3-6-17(22)45)4-8-25(49)66-38-33(67-42-31(54)27(50)28(51)34(68-42)39(56)57)32(55)36(41(60)61)70-44(38)71-37-30(53)29(52)35(40(58)59)69-43(37)64-16-11-19(47)26-20(48)13-21(65-24(26)12-16)15-5-7-18(46)23(10-15)63-2/h3-13,27-38,42-47,50-55H,1-2H3,(H,56,57)(H,58,59)(H,60,61). The van der Waals surface area contributed by atoms with E-state index < -0.39 is 138 Å². The molecule has 7 rings (SSSR count). The molecule has 0 amide bonds. The van der Waals surface area contributed by atoms with Crippen molar-refractivity contribution in [2.75, 3.05) is 14.2 Å².